The van der Waals surface area contributed by atoms with Gasteiger partial charge in [-0.3, -0.25) is 4.79 Å². The van der Waals surface area contributed by atoms with Gasteiger partial charge in [-0.05, 0) is 37.2 Å². The highest BCUT2D eigenvalue weighted by Crippen LogP contribution is 2.16. The standard InChI is InChI=1S/C14H17N3O/c18-14(17-8-1-5-15-7-9-17)12-2-3-13-11(10-12)4-6-16-13/h2-4,6,10,15-16H,1,5,7-9H2. The van der Waals surface area contributed by atoms with Crippen molar-refractivity contribution in [3.63, 3.8) is 0 Å². The molecule has 1 saturated heterocycles. The Labute approximate surface area is 106 Å². The van der Waals surface area contributed by atoms with Gasteiger partial charge in [-0.15, -0.1) is 0 Å². The number of nitrogens with one attached hydrogen (secondary N) is 2. The molecule has 0 unspecified atom stereocenters. The van der Waals surface area contributed by atoms with E-state index in [0.29, 0.717) is 0 Å². The molecule has 1 aromatic carbocycles. The second kappa shape index (κ2) is 4.82. The van der Waals surface area contributed by atoms with E-state index in [1.54, 1.807) is 0 Å². The summed E-state index contributed by atoms with van der Waals surface area (Å²) in [5, 5.41) is 4.40. The van der Waals surface area contributed by atoms with Crippen molar-refractivity contribution < 1.29 is 4.79 Å². The van der Waals surface area contributed by atoms with Crippen molar-refractivity contribution in [2.45, 2.75) is 6.42 Å². The zero-order chi connectivity index (χ0) is 12.4. The van der Waals surface area contributed by atoms with Gasteiger partial charge < -0.3 is 15.2 Å². The van der Waals surface area contributed by atoms with Crippen molar-refractivity contribution in [2.24, 2.45) is 0 Å². The Balaban J connectivity index is 1.85. The first kappa shape index (κ1) is 11.3. The van der Waals surface area contributed by atoms with Gasteiger partial charge in [-0.2, -0.15) is 0 Å². The summed E-state index contributed by atoms with van der Waals surface area (Å²) in [5.74, 6) is 0.141. The van der Waals surface area contributed by atoms with Crippen LogP contribution in [0.1, 0.15) is 16.8 Å². The van der Waals surface area contributed by atoms with Crippen molar-refractivity contribution in [3.05, 3.63) is 36.0 Å². The number of nitrogens with zero attached hydrogens (tertiary/aromatic N) is 1. The molecule has 2 aromatic rings. The number of aromatic nitrogens is 1. The molecule has 0 saturated carbocycles. The Morgan fingerprint density at radius 2 is 2.11 bits per heavy atom. The summed E-state index contributed by atoms with van der Waals surface area (Å²) in [4.78, 5) is 17.5. The van der Waals surface area contributed by atoms with Gasteiger partial charge >= 0.3 is 0 Å². The largest absolute Gasteiger partial charge is 0.361 e. The van der Waals surface area contributed by atoms with E-state index in [1.165, 1.54) is 0 Å². The van der Waals surface area contributed by atoms with Crippen LogP contribution in [-0.2, 0) is 0 Å². The fraction of sp³-hybridized carbons (Fsp3) is 0.357. The first-order valence-electron chi connectivity index (χ1n) is 6.42. The zero-order valence-corrected chi connectivity index (χ0v) is 10.3. The van der Waals surface area contributed by atoms with Crippen LogP contribution >= 0.6 is 0 Å². The van der Waals surface area contributed by atoms with Crippen molar-refractivity contribution >= 4 is 16.8 Å². The fourth-order valence-electron chi connectivity index (χ4n) is 2.42. The van der Waals surface area contributed by atoms with Crippen LogP contribution < -0.4 is 5.32 Å². The smallest absolute Gasteiger partial charge is 0.253 e. The molecule has 1 amide bonds. The molecule has 1 aliphatic rings. The van der Waals surface area contributed by atoms with E-state index in [1.807, 2.05) is 35.4 Å². The highest BCUT2D eigenvalue weighted by Gasteiger charge is 2.17. The zero-order valence-electron chi connectivity index (χ0n) is 10.3. The SMILES string of the molecule is O=C(c1ccc2[nH]ccc2c1)N1CCCNCC1. The fourth-order valence-corrected chi connectivity index (χ4v) is 2.42. The number of carbonyl (C=O) groups excluding carboxylic acids is 1. The maximum absolute atomic E-state index is 12.4. The number of amides is 1. The molecule has 0 radical (unpaired) electrons. The van der Waals surface area contributed by atoms with Crippen LogP contribution in [0.25, 0.3) is 10.9 Å². The van der Waals surface area contributed by atoms with Gasteiger partial charge in [-0.25, -0.2) is 0 Å². The minimum Gasteiger partial charge on any atom is -0.361 e. The molecule has 0 spiro atoms. The molecule has 1 fully saturated rings. The molecule has 4 nitrogen and oxygen atoms in total. The lowest BCUT2D eigenvalue weighted by atomic mass is 10.1. The lowest BCUT2D eigenvalue weighted by Gasteiger charge is -2.19. The number of rotatable bonds is 1. The van der Waals surface area contributed by atoms with Gasteiger partial charge in [0.15, 0.2) is 0 Å². The summed E-state index contributed by atoms with van der Waals surface area (Å²) in [6, 6.07) is 7.83. The maximum atomic E-state index is 12.4. The number of carbonyl (C=O) groups is 1. The lowest BCUT2D eigenvalue weighted by Crippen LogP contribution is -2.34. The molecule has 0 atom stereocenters. The van der Waals surface area contributed by atoms with E-state index in [9.17, 15) is 4.79 Å². The quantitative estimate of drug-likeness (QED) is 0.799. The van der Waals surface area contributed by atoms with Crippen molar-refractivity contribution in [2.75, 3.05) is 26.2 Å². The lowest BCUT2D eigenvalue weighted by molar-refractivity contribution is 0.0766. The number of H-pyrrole nitrogens is 1. The van der Waals surface area contributed by atoms with E-state index in [-0.39, 0.29) is 5.91 Å². The molecule has 18 heavy (non-hydrogen) atoms. The second-order valence-electron chi connectivity index (χ2n) is 4.68. The topological polar surface area (TPSA) is 48.1 Å². The summed E-state index contributed by atoms with van der Waals surface area (Å²) in [6.45, 7) is 3.53. The summed E-state index contributed by atoms with van der Waals surface area (Å²) < 4.78 is 0. The minimum atomic E-state index is 0.141. The first-order chi connectivity index (χ1) is 8.84. The Morgan fingerprint density at radius 3 is 3.06 bits per heavy atom. The number of hydrogen-bond acceptors (Lipinski definition) is 2. The van der Waals surface area contributed by atoms with Gasteiger partial charge in [0.25, 0.3) is 5.91 Å². The van der Waals surface area contributed by atoms with Gasteiger partial charge in [0.05, 0.1) is 0 Å². The number of benzene rings is 1. The van der Waals surface area contributed by atoms with E-state index >= 15 is 0 Å². The van der Waals surface area contributed by atoms with Crippen LogP contribution in [0.5, 0.6) is 0 Å². The number of fused-ring (bicyclic) bond motifs is 1. The maximum Gasteiger partial charge on any atom is 0.253 e. The third-order valence-electron chi connectivity index (χ3n) is 3.43. The average molecular weight is 243 g/mol. The van der Waals surface area contributed by atoms with Crippen LogP contribution in [-0.4, -0.2) is 42.0 Å². The van der Waals surface area contributed by atoms with Gasteiger partial charge in [-0.1, -0.05) is 0 Å². The molecular formula is C14H17N3O. The summed E-state index contributed by atoms with van der Waals surface area (Å²) >= 11 is 0. The van der Waals surface area contributed by atoms with Crippen molar-refractivity contribution in [1.29, 1.82) is 0 Å². The molecule has 0 bridgehead atoms. The highest BCUT2D eigenvalue weighted by molar-refractivity contribution is 5.98. The Hall–Kier alpha value is -1.81. The summed E-state index contributed by atoms with van der Waals surface area (Å²) in [7, 11) is 0. The van der Waals surface area contributed by atoms with Crippen LogP contribution in [0.15, 0.2) is 30.5 Å². The molecule has 94 valence electrons. The second-order valence-corrected chi connectivity index (χ2v) is 4.68. The molecular weight excluding hydrogens is 226 g/mol. The average Bonchev–Trinajstić information content (AvgIpc) is 2.69. The Kier molecular flexibility index (Phi) is 3.02. The van der Waals surface area contributed by atoms with E-state index in [2.05, 4.69) is 10.3 Å². The molecule has 0 aliphatic carbocycles. The first-order valence-corrected chi connectivity index (χ1v) is 6.42. The predicted molar refractivity (Wildman–Crippen MR) is 71.7 cm³/mol. The van der Waals surface area contributed by atoms with Crippen LogP contribution in [0, 0.1) is 0 Å². The Bertz CT molecular complexity index is 553. The number of hydrogen-bond donors (Lipinski definition) is 2. The van der Waals surface area contributed by atoms with Crippen LogP contribution in [0.3, 0.4) is 0 Å². The normalized spacial score (nSPS) is 16.8. The molecule has 3 rings (SSSR count). The summed E-state index contributed by atoms with van der Waals surface area (Å²) in [5.41, 5.74) is 1.85. The highest BCUT2D eigenvalue weighted by atomic mass is 16.2. The number of aromatic amines is 1. The summed E-state index contributed by atoms with van der Waals surface area (Å²) in [6.07, 6.45) is 2.92. The third-order valence-corrected chi connectivity index (χ3v) is 3.43. The molecule has 2 heterocycles. The molecule has 1 aromatic heterocycles. The van der Waals surface area contributed by atoms with Crippen molar-refractivity contribution in [3.8, 4) is 0 Å². The third kappa shape index (κ3) is 2.11. The molecule has 2 N–H and O–H groups in total. The molecule has 1 aliphatic heterocycles. The van der Waals surface area contributed by atoms with Crippen LogP contribution in [0.2, 0.25) is 0 Å². The van der Waals surface area contributed by atoms with E-state index < -0.39 is 0 Å². The van der Waals surface area contributed by atoms with Gasteiger partial charge in [0.2, 0.25) is 0 Å². The van der Waals surface area contributed by atoms with E-state index in [4.69, 9.17) is 0 Å². The van der Waals surface area contributed by atoms with Crippen molar-refractivity contribution in [1.82, 2.24) is 15.2 Å². The van der Waals surface area contributed by atoms with Gasteiger partial charge in [0, 0.05) is 42.3 Å². The minimum absolute atomic E-state index is 0.141. The predicted octanol–water partition coefficient (Wildman–Crippen LogP) is 1.60. The monoisotopic (exact) mass is 243 g/mol. The molecule has 4 heteroatoms. The Morgan fingerprint density at radius 1 is 1.17 bits per heavy atom. The van der Waals surface area contributed by atoms with E-state index in [0.717, 1.165) is 49.1 Å². The van der Waals surface area contributed by atoms with Crippen LogP contribution in [0.4, 0.5) is 0 Å². The van der Waals surface area contributed by atoms with Gasteiger partial charge in [0.1, 0.15) is 0 Å².